The molecule has 1 N–H and O–H groups in total. The van der Waals surface area contributed by atoms with Crippen molar-refractivity contribution in [3.63, 3.8) is 0 Å². The molecule has 2 rings (SSSR count). The van der Waals surface area contributed by atoms with Crippen molar-refractivity contribution in [1.29, 1.82) is 0 Å². The molecule has 1 amide bonds. The van der Waals surface area contributed by atoms with Gasteiger partial charge >= 0.3 is 0 Å². The van der Waals surface area contributed by atoms with Gasteiger partial charge in [0.25, 0.3) is 0 Å². The van der Waals surface area contributed by atoms with E-state index in [1.165, 1.54) is 23.1 Å². The fourth-order valence-electron chi connectivity index (χ4n) is 1.40. The maximum Gasteiger partial charge on any atom is 0.234 e. The van der Waals surface area contributed by atoms with Crippen LogP contribution < -0.4 is 5.32 Å². The number of aromatic nitrogens is 2. The zero-order chi connectivity index (χ0) is 16.1. The number of nitrogens with zero attached hydrogens (tertiary/aromatic N) is 2. The second-order valence-electron chi connectivity index (χ2n) is 4.47. The number of carbonyl (C=O) groups excluding carboxylic acids is 1. The van der Waals surface area contributed by atoms with Crippen LogP contribution >= 0.6 is 58.1 Å². The molecular weight excluding hydrogens is 381 g/mol. The van der Waals surface area contributed by atoms with Crippen molar-refractivity contribution >= 4 is 69.7 Å². The highest BCUT2D eigenvalue weighted by molar-refractivity contribution is 8.03. The summed E-state index contributed by atoms with van der Waals surface area (Å²) in [7, 11) is 0. The average Bonchev–Trinajstić information content (AvgIpc) is 2.87. The van der Waals surface area contributed by atoms with Crippen LogP contribution in [-0.2, 0) is 4.79 Å². The molecule has 0 spiro atoms. The van der Waals surface area contributed by atoms with Crippen LogP contribution in [0, 0.1) is 0 Å². The number of halogens is 2. The SMILES string of the molecule is CC(C)Sc1nnc(SCC(=O)Nc2ccc(Cl)c(Cl)c2)s1. The van der Waals surface area contributed by atoms with Crippen molar-refractivity contribution in [3.05, 3.63) is 28.2 Å². The summed E-state index contributed by atoms with van der Waals surface area (Å²) in [4.78, 5) is 11.9. The molecule has 0 atom stereocenters. The van der Waals surface area contributed by atoms with Crippen LogP contribution in [0.2, 0.25) is 10.0 Å². The zero-order valence-electron chi connectivity index (χ0n) is 11.8. The molecule has 2 aromatic rings. The molecule has 1 aromatic carbocycles. The topological polar surface area (TPSA) is 54.9 Å². The van der Waals surface area contributed by atoms with Gasteiger partial charge in [-0.25, -0.2) is 0 Å². The van der Waals surface area contributed by atoms with E-state index in [1.54, 1.807) is 30.0 Å². The summed E-state index contributed by atoms with van der Waals surface area (Å²) in [5, 5.41) is 12.2. The molecule has 4 nitrogen and oxygen atoms in total. The van der Waals surface area contributed by atoms with E-state index in [0.29, 0.717) is 21.0 Å². The number of thioether (sulfide) groups is 2. The number of anilines is 1. The molecule has 0 saturated carbocycles. The molecule has 0 aliphatic heterocycles. The Kier molecular flexibility index (Phi) is 6.83. The first kappa shape index (κ1) is 17.9. The van der Waals surface area contributed by atoms with Gasteiger partial charge < -0.3 is 5.32 Å². The third kappa shape index (κ3) is 5.62. The van der Waals surface area contributed by atoms with Gasteiger partial charge in [-0.05, 0) is 18.2 Å². The van der Waals surface area contributed by atoms with E-state index in [1.807, 2.05) is 0 Å². The maximum atomic E-state index is 11.9. The molecule has 1 heterocycles. The summed E-state index contributed by atoms with van der Waals surface area (Å²) >= 11 is 16.3. The van der Waals surface area contributed by atoms with E-state index < -0.39 is 0 Å². The van der Waals surface area contributed by atoms with Crippen LogP contribution in [0.1, 0.15) is 13.8 Å². The normalized spacial score (nSPS) is 11.0. The minimum absolute atomic E-state index is 0.128. The van der Waals surface area contributed by atoms with Crippen molar-refractivity contribution in [2.75, 3.05) is 11.1 Å². The third-order valence-corrected chi connectivity index (χ3v) is 6.14. The fourth-order valence-corrected chi connectivity index (χ4v) is 4.74. The Balaban J connectivity index is 1.84. The minimum atomic E-state index is -0.128. The van der Waals surface area contributed by atoms with E-state index in [4.69, 9.17) is 23.2 Å². The summed E-state index contributed by atoms with van der Waals surface area (Å²) in [5.41, 5.74) is 0.619. The highest BCUT2D eigenvalue weighted by Gasteiger charge is 2.10. The summed E-state index contributed by atoms with van der Waals surface area (Å²) in [6, 6.07) is 4.97. The smallest absolute Gasteiger partial charge is 0.234 e. The number of carbonyl (C=O) groups is 1. The lowest BCUT2D eigenvalue weighted by atomic mass is 10.3. The van der Waals surface area contributed by atoms with Crippen LogP contribution in [0.15, 0.2) is 26.9 Å². The zero-order valence-corrected chi connectivity index (χ0v) is 15.8. The van der Waals surface area contributed by atoms with Crippen molar-refractivity contribution in [2.45, 2.75) is 27.8 Å². The van der Waals surface area contributed by atoms with Gasteiger partial charge in [0, 0.05) is 10.9 Å². The maximum absolute atomic E-state index is 11.9. The van der Waals surface area contributed by atoms with Gasteiger partial charge in [-0.1, -0.05) is 71.9 Å². The number of amides is 1. The molecule has 0 aliphatic carbocycles. The van der Waals surface area contributed by atoms with E-state index in [0.717, 1.165) is 8.68 Å². The predicted molar refractivity (Wildman–Crippen MR) is 96.7 cm³/mol. The molecule has 0 saturated heterocycles. The second-order valence-corrected chi connectivity index (χ2v) is 9.30. The van der Waals surface area contributed by atoms with Crippen LogP contribution in [-0.4, -0.2) is 27.1 Å². The van der Waals surface area contributed by atoms with Crippen molar-refractivity contribution in [3.8, 4) is 0 Å². The Morgan fingerprint density at radius 3 is 2.68 bits per heavy atom. The molecule has 0 bridgehead atoms. The lowest BCUT2D eigenvalue weighted by Gasteiger charge is -2.05. The molecule has 22 heavy (non-hydrogen) atoms. The number of rotatable bonds is 6. The Morgan fingerprint density at radius 1 is 1.27 bits per heavy atom. The first-order chi connectivity index (χ1) is 10.4. The lowest BCUT2D eigenvalue weighted by molar-refractivity contribution is -0.113. The average molecular weight is 394 g/mol. The second kappa shape index (κ2) is 8.40. The Hall–Kier alpha value is -0.470. The number of hydrogen-bond acceptors (Lipinski definition) is 6. The molecule has 0 fully saturated rings. The summed E-state index contributed by atoms with van der Waals surface area (Å²) in [6.45, 7) is 4.20. The van der Waals surface area contributed by atoms with Gasteiger partial charge in [-0.2, -0.15) is 0 Å². The molecular formula is C13H13Cl2N3OS3. The van der Waals surface area contributed by atoms with Gasteiger partial charge in [0.15, 0.2) is 8.68 Å². The first-order valence-corrected chi connectivity index (χ1v) is 9.75. The number of hydrogen-bond donors (Lipinski definition) is 1. The monoisotopic (exact) mass is 393 g/mol. The molecule has 118 valence electrons. The number of nitrogens with one attached hydrogen (secondary N) is 1. The molecule has 9 heteroatoms. The summed E-state index contributed by atoms with van der Waals surface area (Å²) < 4.78 is 1.70. The van der Waals surface area contributed by atoms with Crippen LogP contribution in [0.4, 0.5) is 5.69 Å². The first-order valence-electron chi connectivity index (χ1n) is 6.32. The van der Waals surface area contributed by atoms with Crippen LogP contribution in [0.25, 0.3) is 0 Å². The lowest BCUT2D eigenvalue weighted by Crippen LogP contribution is -2.13. The van der Waals surface area contributed by atoms with Gasteiger partial charge in [-0.3, -0.25) is 4.79 Å². The third-order valence-electron chi connectivity index (χ3n) is 2.25. The Bertz CT molecular complexity index is 664. The summed E-state index contributed by atoms with van der Waals surface area (Å²) in [6.07, 6.45) is 0. The van der Waals surface area contributed by atoms with Crippen LogP contribution in [0.5, 0.6) is 0 Å². The van der Waals surface area contributed by atoms with Crippen molar-refractivity contribution in [1.82, 2.24) is 10.2 Å². The van der Waals surface area contributed by atoms with E-state index >= 15 is 0 Å². The number of benzene rings is 1. The highest BCUT2D eigenvalue weighted by Crippen LogP contribution is 2.31. The Labute approximate surface area is 151 Å². The molecule has 1 aromatic heterocycles. The van der Waals surface area contributed by atoms with Gasteiger partial charge in [0.1, 0.15) is 0 Å². The quantitative estimate of drug-likeness (QED) is 0.693. The van der Waals surface area contributed by atoms with E-state index in [9.17, 15) is 4.79 Å². The van der Waals surface area contributed by atoms with Gasteiger partial charge in [-0.15, -0.1) is 10.2 Å². The standard InChI is InChI=1S/C13H13Cl2N3OS3/c1-7(2)21-13-18-17-12(22-13)20-6-11(19)16-8-3-4-9(14)10(15)5-8/h3-5,7H,6H2,1-2H3,(H,16,19). The fraction of sp³-hybridized carbons (Fsp3) is 0.308. The van der Waals surface area contributed by atoms with E-state index in [2.05, 4.69) is 29.4 Å². The largest absolute Gasteiger partial charge is 0.325 e. The molecule has 0 unspecified atom stereocenters. The molecule has 0 aliphatic rings. The Morgan fingerprint density at radius 2 is 2.00 bits per heavy atom. The van der Waals surface area contributed by atoms with Crippen LogP contribution in [0.3, 0.4) is 0 Å². The van der Waals surface area contributed by atoms with Crippen molar-refractivity contribution < 1.29 is 4.79 Å². The molecule has 0 radical (unpaired) electrons. The summed E-state index contributed by atoms with van der Waals surface area (Å²) in [5.74, 6) is 0.137. The van der Waals surface area contributed by atoms with E-state index in [-0.39, 0.29) is 11.7 Å². The van der Waals surface area contributed by atoms with Gasteiger partial charge in [0.2, 0.25) is 5.91 Å². The van der Waals surface area contributed by atoms with Crippen molar-refractivity contribution in [2.24, 2.45) is 0 Å². The highest BCUT2D eigenvalue weighted by atomic mass is 35.5. The minimum Gasteiger partial charge on any atom is -0.325 e. The predicted octanol–water partition coefficient (Wildman–Crippen LogP) is 5.08. The van der Waals surface area contributed by atoms with Gasteiger partial charge in [0.05, 0.1) is 15.8 Å².